The average Bonchev–Trinajstić information content (AvgIpc) is 2.17. The molecule has 0 spiro atoms. The lowest BCUT2D eigenvalue weighted by molar-refractivity contribution is -0.530. The molecule has 0 saturated carbocycles. The average molecular weight is 126 g/mol. The van der Waals surface area contributed by atoms with Crippen molar-refractivity contribution in [2.24, 2.45) is 5.92 Å². The van der Waals surface area contributed by atoms with E-state index in [0.717, 1.165) is 24.1 Å². The van der Waals surface area contributed by atoms with Crippen molar-refractivity contribution >= 4 is 0 Å². The summed E-state index contributed by atoms with van der Waals surface area (Å²) in [6.45, 7) is 5.06. The van der Waals surface area contributed by atoms with Gasteiger partial charge in [0.05, 0.1) is 0 Å². The lowest BCUT2D eigenvalue weighted by Crippen LogP contribution is -2.03. The smallest absolute Gasteiger partial charge is 0.103 e. The summed E-state index contributed by atoms with van der Waals surface area (Å²) in [6, 6.07) is 0. The Morgan fingerprint density at radius 2 is 2.56 bits per heavy atom. The number of nitroso groups, excluding NO2 is 1. The predicted molar refractivity (Wildman–Crippen MR) is 36.3 cm³/mol. The molecule has 9 heavy (non-hydrogen) atoms. The van der Waals surface area contributed by atoms with Gasteiger partial charge in [-0.05, 0) is 11.2 Å². The Morgan fingerprint density at radius 1 is 1.78 bits per heavy atom. The van der Waals surface area contributed by atoms with Crippen LogP contribution in [0.5, 0.6) is 0 Å². The molecule has 1 aliphatic heterocycles. The summed E-state index contributed by atoms with van der Waals surface area (Å²) < 4.78 is 1.13. The van der Waals surface area contributed by atoms with Crippen LogP contribution in [0.25, 0.3) is 0 Å². The quantitative estimate of drug-likeness (QED) is 0.404. The summed E-state index contributed by atoms with van der Waals surface area (Å²) in [5.41, 5.74) is 0. The Balaban J connectivity index is 2.29. The van der Waals surface area contributed by atoms with Crippen molar-refractivity contribution in [2.75, 3.05) is 13.1 Å². The van der Waals surface area contributed by atoms with Gasteiger partial charge in [0.2, 0.25) is 0 Å². The molecule has 0 aliphatic carbocycles. The van der Waals surface area contributed by atoms with Gasteiger partial charge in [-0.1, -0.05) is 6.08 Å². The Kier molecular flexibility index (Phi) is 1.98. The first kappa shape index (κ1) is 6.46. The van der Waals surface area contributed by atoms with Gasteiger partial charge in [0.15, 0.2) is 13.1 Å². The van der Waals surface area contributed by atoms with E-state index in [1.807, 2.05) is 6.08 Å². The molecule has 0 aromatic rings. The molecule has 0 aromatic heterocycles. The third-order valence-electron chi connectivity index (χ3n) is 1.75. The van der Waals surface area contributed by atoms with Gasteiger partial charge in [0.25, 0.3) is 0 Å². The van der Waals surface area contributed by atoms with E-state index in [1.54, 1.807) is 0 Å². The second-order valence-corrected chi connectivity index (χ2v) is 2.57. The first-order valence-electron chi connectivity index (χ1n) is 3.36. The fraction of sp³-hybridized carbons (Fsp3) is 0.714. The van der Waals surface area contributed by atoms with Gasteiger partial charge in [0.1, 0.15) is 0 Å². The zero-order valence-corrected chi connectivity index (χ0v) is 5.55. The normalized spacial score (nSPS) is 26.7. The lowest BCUT2D eigenvalue weighted by atomic mass is 10.1. The van der Waals surface area contributed by atoms with Gasteiger partial charge in [-0.3, -0.25) is 0 Å². The number of hydrogen-bond acceptors (Lipinski definition) is 1. The van der Waals surface area contributed by atoms with E-state index < -0.39 is 0 Å². The summed E-state index contributed by atoms with van der Waals surface area (Å²) in [5.74, 6) is 0.583. The molecule has 1 saturated heterocycles. The van der Waals surface area contributed by atoms with Gasteiger partial charge in [-0.15, -0.1) is 6.58 Å². The highest BCUT2D eigenvalue weighted by molar-refractivity contribution is 4.74. The molecule has 1 aliphatic rings. The Hall–Kier alpha value is -0.660. The fourth-order valence-corrected chi connectivity index (χ4v) is 1.23. The minimum atomic E-state index is 0.583. The van der Waals surface area contributed by atoms with E-state index in [9.17, 15) is 4.91 Å². The largest absolute Gasteiger partial charge is 0.195 e. The van der Waals surface area contributed by atoms with E-state index in [2.05, 4.69) is 6.58 Å². The Labute approximate surface area is 55.1 Å². The van der Waals surface area contributed by atoms with Crippen LogP contribution in [0.3, 0.4) is 0 Å². The zero-order chi connectivity index (χ0) is 6.69. The van der Waals surface area contributed by atoms with E-state index >= 15 is 0 Å². The van der Waals surface area contributed by atoms with Crippen molar-refractivity contribution in [1.29, 1.82) is 0 Å². The van der Waals surface area contributed by atoms with Gasteiger partial charge in [0, 0.05) is 17.2 Å². The summed E-state index contributed by atoms with van der Waals surface area (Å²) in [7, 11) is 0. The summed E-state index contributed by atoms with van der Waals surface area (Å²) in [4.78, 5) is 10.6. The van der Waals surface area contributed by atoms with Crippen molar-refractivity contribution in [3.63, 3.8) is 0 Å². The van der Waals surface area contributed by atoms with Crippen molar-refractivity contribution in [3.8, 4) is 0 Å². The predicted octanol–water partition coefficient (Wildman–Crippen LogP) is 1.36. The SMILES string of the molecule is C=CCC1CC[N+](=O)C1. The maximum atomic E-state index is 10.6. The third kappa shape index (κ3) is 1.63. The number of rotatable bonds is 2. The standard InChI is InChI=1S/C7H12NO/c1-2-3-7-4-5-8(9)6-7/h2,7H,1,3-6H2/q+1. The minimum absolute atomic E-state index is 0.583. The molecule has 0 radical (unpaired) electrons. The van der Waals surface area contributed by atoms with E-state index in [-0.39, 0.29) is 0 Å². The molecule has 1 rings (SSSR count). The van der Waals surface area contributed by atoms with Crippen LogP contribution in [0.1, 0.15) is 12.8 Å². The molecule has 0 bridgehead atoms. The van der Waals surface area contributed by atoms with Crippen LogP contribution in [-0.4, -0.2) is 17.8 Å². The first-order chi connectivity index (χ1) is 4.33. The van der Waals surface area contributed by atoms with Crippen molar-refractivity contribution in [1.82, 2.24) is 0 Å². The Morgan fingerprint density at radius 3 is 3.00 bits per heavy atom. The topological polar surface area (TPSA) is 20.1 Å². The van der Waals surface area contributed by atoms with E-state index in [4.69, 9.17) is 0 Å². The highest BCUT2D eigenvalue weighted by Gasteiger charge is 2.26. The van der Waals surface area contributed by atoms with Crippen molar-refractivity contribution in [2.45, 2.75) is 12.8 Å². The number of allylic oxidation sites excluding steroid dienone is 1. The minimum Gasteiger partial charge on any atom is -0.103 e. The van der Waals surface area contributed by atoms with Gasteiger partial charge in [-0.2, -0.15) is 0 Å². The second-order valence-electron chi connectivity index (χ2n) is 2.57. The zero-order valence-electron chi connectivity index (χ0n) is 5.55. The van der Waals surface area contributed by atoms with E-state index in [0.29, 0.717) is 12.5 Å². The van der Waals surface area contributed by atoms with Crippen LogP contribution in [-0.2, 0) is 0 Å². The van der Waals surface area contributed by atoms with E-state index in [1.165, 1.54) is 0 Å². The third-order valence-corrected chi connectivity index (χ3v) is 1.75. The number of nitrogens with zero attached hydrogens (tertiary/aromatic N) is 1. The monoisotopic (exact) mass is 126 g/mol. The molecule has 1 fully saturated rings. The fourth-order valence-electron chi connectivity index (χ4n) is 1.23. The molecule has 1 heterocycles. The molecule has 0 amide bonds. The van der Waals surface area contributed by atoms with Crippen LogP contribution in [0.15, 0.2) is 12.7 Å². The van der Waals surface area contributed by atoms with Crippen LogP contribution >= 0.6 is 0 Å². The molecule has 50 valence electrons. The van der Waals surface area contributed by atoms with Crippen LogP contribution in [0.4, 0.5) is 0 Å². The molecule has 1 unspecified atom stereocenters. The molecular formula is C7H12NO+. The highest BCUT2D eigenvalue weighted by atomic mass is 16.3. The van der Waals surface area contributed by atoms with Crippen molar-refractivity contribution < 1.29 is 4.76 Å². The molecular weight excluding hydrogens is 114 g/mol. The highest BCUT2D eigenvalue weighted by Crippen LogP contribution is 2.15. The molecule has 0 N–H and O–H groups in total. The number of hydrogen-bond donors (Lipinski definition) is 0. The van der Waals surface area contributed by atoms with Crippen LogP contribution in [0.2, 0.25) is 0 Å². The van der Waals surface area contributed by atoms with Gasteiger partial charge in [-0.25, -0.2) is 0 Å². The van der Waals surface area contributed by atoms with Crippen LogP contribution < -0.4 is 0 Å². The summed E-state index contributed by atoms with van der Waals surface area (Å²) in [5, 5.41) is 0. The van der Waals surface area contributed by atoms with Gasteiger partial charge < -0.3 is 0 Å². The molecule has 1 atom stereocenters. The molecule has 0 aromatic carbocycles. The lowest BCUT2D eigenvalue weighted by Gasteiger charge is -1.93. The maximum absolute atomic E-state index is 10.6. The maximum Gasteiger partial charge on any atom is 0.195 e. The van der Waals surface area contributed by atoms with Crippen LogP contribution in [0, 0.1) is 10.8 Å². The molecule has 2 heteroatoms. The Bertz CT molecular complexity index is 131. The second kappa shape index (κ2) is 2.76. The summed E-state index contributed by atoms with van der Waals surface area (Å²) >= 11 is 0. The summed E-state index contributed by atoms with van der Waals surface area (Å²) in [6.07, 6.45) is 3.94. The first-order valence-corrected chi connectivity index (χ1v) is 3.36. The van der Waals surface area contributed by atoms with Gasteiger partial charge >= 0.3 is 0 Å². The molecule has 2 nitrogen and oxygen atoms in total. The van der Waals surface area contributed by atoms with Crippen molar-refractivity contribution in [3.05, 3.63) is 17.6 Å².